The zero-order valence-corrected chi connectivity index (χ0v) is 9.95. The average molecular weight is 222 g/mol. The summed E-state index contributed by atoms with van der Waals surface area (Å²) in [5.74, 6) is 0.0303. The van der Waals surface area contributed by atoms with E-state index in [9.17, 15) is 4.79 Å². The third-order valence-corrected chi connectivity index (χ3v) is 2.36. The van der Waals surface area contributed by atoms with Gasteiger partial charge in [0.2, 0.25) is 5.91 Å². The predicted molar refractivity (Wildman–Crippen MR) is 61.6 cm³/mol. The van der Waals surface area contributed by atoms with Crippen molar-refractivity contribution in [1.82, 2.24) is 20.6 Å². The minimum Gasteiger partial charge on any atom is -0.359 e. The molecule has 0 bridgehead atoms. The predicted octanol–water partition coefficient (Wildman–Crippen LogP) is 0.338. The van der Waals surface area contributed by atoms with E-state index in [0.29, 0.717) is 13.1 Å². The van der Waals surface area contributed by atoms with E-state index in [1.807, 2.05) is 19.9 Å². The molecule has 0 aliphatic heterocycles. The average Bonchev–Trinajstić information content (AvgIpc) is 2.29. The Hall–Kier alpha value is -1.49. The maximum Gasteiger partial charge on any atom is 0.226 e. The fourth-order valence-electron chi connectivity index (χ4n) is 1.34. The third kappa shape index (κ3) is 3.58. The van der Waals surface area contributed by atoms with Gasteiger partial charge in [-0.3, -0.25) is 4.79 Å². The van der Waals surface area contributed by atoms with Crippen molar-refractivity contribution in [3.63, 3.8) is 0 Å². The Balaban J connectivity index is 2.38. The van der Waals surface area contributed by atoms with E-state index in [0.717, 1.165) is 5.69 Å². The Morgan fingerprint density at radius 2 is 2.25 bits per heavy atom. The number of nitrogens with zero attached hydrogens (tertiary/aromatic N) is 2. The van der Waals surface area contributed by atoms with Crippen LogP contribution >= 0.6 is 0 Å². The maximum atomic E-state index is 11.5. The molecule has 2 N–H and O–H groups in total. The number of amides is 1. The second kappa shape index (κ2) is 5.55. The monoisotopic (exact) mass is 222 g/mol. The Bertz CT molecular complexity index is 337. The lowest BCUT2D eigenvalue weighted by atomic mass is 9.92. The molecular formula is C11H18N4O. The Morgan fingerprint density at radius 3 is 2.81 bits per heavy atom. The molecule has 1 aromatic rings. The van der Waals surface area contributed by atoms with Crippen LogP contribution in [0.1, 0.15) is 19.5 Å². The first kappa shape index (κ1) is 12.6. The van der Waals surface area contributed by atoms with Gasteiger partial charge < -0.3 is 10.6 Å². The highest BCUT2D eigenvalue weighted by Gasteiger charge is 2.25. The molecule has 0 aromatic carbocycles. The summed E-state index contributed by atoms with van der Waals surface area (Å²) in [6, 6.07) is 1.85. The number of carbonyl (C=O) groups excluding carboxylic acids is 1. The molecule has 5 heteroatoms. The molecular weight excluding hydrogens is 204 g/mol. The van der Waals surface area contributed by atoms with Crippen LogP contribution in [-0.4, -0.2) is 29.5 Å². The summed E-state index contributed by atoms with van der Waals surface area (Å²) >= 11 is 0. The van der Waals surface area contributed by atoms with Gasteiger partial charge in [-0.2, -0.15) is 0 Å². The Morgan fingerprint density at radius 1 is 1.50 bits per heavy atom. The zero-order valence-electron chi connectivity index (χ0n) is 9.95. The largest absolute Gasteiger partial charge is 0.359 e. The number of nitrogens with one attached hydrogen (secondary N) is 2. The summed E-state index contributed by atoms with van der Waals surface area (Å²) in [6.07, 6.45) is 3.22. The Kier molecular flexibility index (Phi) is 4.37. The first-order chi connectivity index (χ1) is 7.56. The number of rotatable bonds is 5. The van der Waals surface area contributed by atoms with Crippen molar-refractivity contribution >= 4 is 5.91 Å². The number of aromatic nitrogens is 2. The van der Waals surface area contributed by atoms with E-state index in [-0.39, 0.29) is 5.91 Å². The van der Waals surface area contributed by atoms with Gasteiger partial charge in [-0.15, -0.1) is 0 Å². The van der Waals surface area contributed by atoms with Crippen LogP contribution in [-0.2, 0) is 11.3 Å². The highest BCUT2D eigenvalue weighted by molar-refractivity contribution is 5.81. The molecule has 0 atom stereocenters. The fraction of sp³-hybridized carbons (Fsp3) is 0.545. The molecule has 0 unspecified atom stereocenters. The maximum absolute atomic E-state index is 11.5. The van der Waals surface area contributed by atoms with E-state index in [1.165, 1.54) is 6.33 Å². The molecule has 1 heterocycles. The highest BCUT2D eigenvalue weighted by atomic mass is 16.2. The molecule has 0 saturated carbocycles. The van der Waals surface area contributed by atoms with Crippen molar-refractivity contribution < 1.29 is 4.79 Å². The number of carbonyl (C=O) groups is 1. The topological polar surface area (TPSA) is 66.9 Å². The summed E-state index contributed by atoms with van der Waals surface area (Å²) in [5.41, 5.74) is 0.504. The van der Waals surface area contributed by atoms with Crippen LogP contribution in [0.3, 0.4) is 0 Å². The second-order valence-electron chi connectivity index (χ2n) is 4.27. The molecule has 0 fully saturated rings. The van der Waals surface area contributed by atoms with Crippen LogP contribution in [0.4, 0.5) is 0 Å². The van der Waals surface area contributed by atoms with Gasteiger partial charge in [-0.25, -0.2) is 9.97 Å². The minimum atomic E-state index is -0.415. The van der Waals surface area contributed by atoms with Crippen LogP contribution < -0.4 is 10.6 Å². The van der Waals surface area contributed by atoms with E-state index < -0.39 is 5.41 Å². The lowest BCUT2D eigenvalue weighted by Gasteiger charge is -2.22. The molecule has 88 valence electrons. The summed E-state index contributed by atoms with van der Waals surface area (Å²) in [7, 11) is 1.65. The van der Waals surface area contributed by atoms with Gasteiger partial charge in [-0.1, -0.05) is 0 Å². The molecule has 0 aliphatic rings. The quantitative estimate of drug-likeness (QED) is 0.754. The van der Waals surface area contributed by atoms with E-state index in [1.54, 1.807) is 13.2 Å². The fourth-order valence-corrected chi connectivity index (χ4v) is 1.34. The molecule has 0 radical (unpaired) electrons. The summed E-state index contributed by atoms with van der Waals surface area (Å²) in [5, 5.41) is 5.86. The molecule has 0 saturated heterocycles. The van der Waals surface area contributed by atoms with Gasteiger partial charge in [0.1, 0.15) is 6.33 Å². The van der Waals surface area contributed by atoms with Crippen LogP contribution in [0, 0.1) is 5.41 Å². The molecule has 5 nitrogen and oxygen atoms in total. The lowest BCUT2D eigenvalue weighted by molar-refractivity contribution is -0.128. The third-order valence-electron chi connectivity index (χ3n) is 2.36. The normalized spacial score (nSPS) is 11.2. The summed E-state index contributed by atoms with van der Waals surface area (Å²) in [4.78, 5) is 19.4. The zero-order chi connectivity index (χ0) is 12.0. The van der Waals surface area contributed by atoms with Crippen LogP contribution in [0.15, 0.2) is 18.6 Å². The highest BCUT2D eigenvalue weighted by Crippen LogP contribution is 2.13. The lowest BCUT2D eigenvalue weighted by Crippen LogP contribution is -2.41. The van der Waals surface area contributed by atoms with Gasteiger partial charge >= 0.3 is 0 Å². The van der Waals surface area contributed by atoms with Crippen molar-refractivity contribution in [3.05, 3.63) is 24.3 Å². The van der Waals surface area contributed by atoms with Gasteiger partial charge in [0.05, 0.1) is 11.1 Å². The van der Waals surface area contributed by atoms with Crippen molar-refractivity contribution in [2.24, 2.45) is 5.41 Å². The molecule has 16 heavy (non-hydrogen) atoms. The van der Waals surface area contributed by atoms with Crippen LogP contribution in [0.5, 0.6) is 0 Å². The second-order valence-corrected chi connectivity index (χ2v) is 4.27. The van der Waals surface area contributed by atoms with E-state index >= 15 is 0 Å². The van der Waals surface area contributed by atoms with Crippen molar-refractivity contribution in [2.45, 2.75) is 20.4 Å². The molecule has 1 rings (SSSR count). The van der Waals surface area contributed by atoms with Gasteiger partial charge in [0.15, 0.2) is 0 Å². The van der Waals surface area contributed by atoms with E-state index in [2.05, 4.69) is 20.6 Å². The van der Waals surface area contributed by atoms with Crippen LogP contribution in [0.2, 0.25) is 0 Å². The molecule has 0 aliphatic carbocycles. The van der Waals surface area contributed by atoms with Gasteiger partial charge in [0.25, 0.3) is 0 Å². The Labute approximate surface area is 95.7 Å². The van der Waals surface area contributed by atoms with Crippen LogP contribution in [0.25, 0.3) is 0 Å². The standard InChI is InChI=1S/C11H18N4O/c1-11(2,10(16)12-3)7-14-6-9-4-5-13-8-15-9/h4-5,8,14H,6-7H2,1-3H3,(H,12,16). The van der Waals surface area contributed by atoms with E-state index in [4.69, 9.17) is 0 Å². The smallest absolute Gasteiger partial charge is 0.226 e. The SMILES string of the molecule is CNC(=O)C(C)(C)CNCc1ccncn1. The van der Waals surface area contributed by atoms with Gasteiger partial charge in [-0.05, 0) is 19.9 Å². The van der Waals surface area contributed by atoms with Crippen molar-refractivity contribution in [1.29, 1.82) is 0 Å². The summed E-state index contributed by atoms with van der Waals surface area (Å²) in [6.45, 7) is 5.05. The first-order valence-electron chi connectivity index (χ1n) is 5.24. The number of hydrogen-bond acceptors (Lipinski definition) is 4. The minimum absolute atomic E-state index is 0.0303. The molecule has 0 spiro atoms. The molecule has 1 aromatic heterocycles. The first-order valence-corrected chi connectivity index (χ1v) is 5.24. The number of hydrogen-bond donors (Lipinski definition) is 2. The van der Waals surface area contributed by atoms with Crippen molar-refractivity contribution in [3.8, 4) is 0 Å². The van der Waals surface area contributed by atoms with Gasteiger partial charge in [0, 0.05) is 26.3 Å². The molecule has 1 amide bonds. The summed E-state index contributed by atoms with van der Waals surface area (Å²) < 4.78 is 0. The van der Waals surface area contributed by atoms with Crippen molar-refractivity contribution in [2.75, 3.05) is 13.6 Å².